The van der Waals surface area contributed by atoms with Crippen molar-refractivity contribution < 1.29 is 44.6 Å². The van der Waals surface area contributed by atoms with E-state index in [1.807, 2.05) is 0 Å². The molecule has 2 N–H and O–H groups in total. The average molecular weight is 573 g/mol. The molecule has 38 heavy (non-hydrogen) atoms. The fourth-order valence-corrected chi connectivity index (χ4v) is 3.38. The highest BCUT2D eigenvalue weighted by Crippen LogP contribution is 2.39. The number of hydrogen-bond donors (Lipinski definition) is 2. The third kappa shape index (κ3) is 6.17. The van der Waals surface area contributed by atoms with Crippen LogP contribution in [0.4, 0.5) is 57.1 Å². The summed E-state index contributed by atoms with van der Waals surface area (Å²) in [5.41, 5.74) is -6.35. The second-order valence-electron chi connectivity index (χ2n) is 7.94. The Kier molecular flexibility index (Phi) is 7.71. The molecule has 18 heteroatoms. The van der Waals surface area contributed by atoms with E-state index in [1.165, 1.54) is 0 Å². The highest BCUT2D eigenvalue weighted by molar-refractivity contribution is 7.59. The van der Waals surface area contributed by atoms with Crippen molar-refractivity contribution >= 4 is 31.1 Å². The predicted molar refractivity (Wildman–Crippen MR) is 119 cm³/mol. The molecule has 0 aliphatic carbocycles. The fourth-order valence-electron chi connectivity index (χ4n) is 3.38. The lowest BCUT2D eigenvalue weighted by Gasteiger charge is -2.26. The second-order valence-corrected chi connectivity index (χ2v) is 7.94. The molecule has 0 amide bonds. The highest BCUT2D eigenvalue weighted by Gasteiger charge is 2.57. The van der Waals surface area contributed by atoms with E-state index in [0.717, 1.165) is 29.3 Å². The van der Waals surface area contributed by atoms with Gasteiger partial charge in [-0.05, 0) is 24.3 Å². The second kappa shape index (κ2) is 10.0. The molecule has 0 bridgehead atoms. The quantitative estimate of drug-likeness (QED) is 0.433. The molecule has 0 saturated carbocycles. The first-order valence-corrected chi connectivity index (χ1v) is 10.2. The van der Waals surface area contributed by atoms with E-state index in [-0.39, 0.29) is 25.7 Å². The lowest BCUT2D eigenvalue weighted by molar-refractivity contribution is -0.250. The van der Waals surface area contributed by atoms with Gasteiger partial charge in [0.15, 0.2) is 11.4 Å². The Hall–Kier alpha value is -3.41. The number of halogens is 9. The van der Waals surface area contributed by atoms with Gasteiger partial charge in [-0.15, -0.1) is 0 Å². The Bertz CT molecular complexity index is 1300. The molecule has 0 aromatic carbocycles. The molecule has 0 spiro atoms. The van der Waals surface area contributed by atoms with Crippen molar-refractivity contribution in [3.05, 3.63) is 47.9 Å². The summed E-state index contributed by atoms with van der Waals surface area (Å²) in [4.78, 5) is 19.3. The fraction of sp³-hybridized carbons (Fsp3) is 0.350. The molecule has 4 rings (SSSR count). The van der Waals surface area contributed by atoms with Crippen LogP contribution in [0.2, 0.25) is 0 Å². The number of anilines is 3. The summed E-state index contributed by atoms with van der Waals surface area (Å²) in [5.74, 6) is -1.48. The lowest BCUT2D eigenvalue weighted by Crippen LogP contribution is -2.47. The van der Waals surface area contributed by atoms with Gasteiger partial charge in [-0.1, -0.05) is 6.07 Å². The van der Waals surface area contributed by atoms with E-state index in [0.29, 0.717) is 12.1 Å². The zero-order valence-electron chi connectivity index (χ0n) is 18.6. The number of aromatic nitrogens is 5. The summed E-state index contributed by atoms with van der Waals surface area (Å²) in [5, 5.41) is 12.4. The monoisotopic (exact) mass is 573 g/mol. The summed E-state index contributed by atoms with van der Waals surface area (Å²) in [6.45, 7) is -1.38. The molecule has 1 fully saturated rings. The molecule has 0 unspecified atom stereocenters. The van der Waals surface area contributed by atoms with Gasteiger partial charge < -0.3 is 15.3 Å². The van der Waals surface area contributed by atoms with Crippen molar-refractivity contribution in [3.8, 4) is 11.5 Å². The molecule has 1 saturated heterocycles. The molecule has 3 aromatic heterocycles. The molecule has 3 aromatic rings. The van der Waals surface area contributed by atoms with Crippen molar-refractivity contribution in [2.75, 3.05) is 23.3 Å². The van der Waals surface area contributed by atoms with E-state index in [4.69, 9.17) is 0 Å². The third-order valence-corrected chi connectivity index (χ3v) is 5.26. The number of alkyl halides is 9. The predicted octanol–water partition coefficient (Wildman–Crippen LogP) is 4.73. The SMILES string of the molecule is O[C@@]1(C(F)(F)F)CCN(c2nc(Nc3ccnc(C(F)(F)F)c3)nc(-c3cccc(C(F)(F)F)n3)n2)C1.S. The van der Waals surface area contributed by atoms with Gasteiger partial charge in [0.25, 0.3) is 0 Å². The first-order chi connectivity index (χ1) is 17.0. The maximum absolute atomic E-state index is 13.3. The van der Waals surface area contributed by atoms with Crippen LogP contribution >= 0.6 is 13.5 Å². The molecule has 8 nitrogen and oxygen atoms in total. The van der Waals surface area contributed by atoms with E-state index >= 15 is 0 Å². The Balaban J connectivity index is 0.00000400. The lowest BCUT2D eigenvalue weighted by atomic mass is 10.0. The van der Waals surface area contributed by atoms with Gasteiger partial charge in [0.1, 0.15) is 17.1 Å². The number of rotatable bonds is 4. The Labute approximate surface area is 214 Å². The molecular formula is C20H16F9N7OS. The van der Waals surface area contributed by atoms with Crippen LogP contribution in [0.1, 0.15) is 17.8 Å². The van der Waals surface area contributed by atoms with Crippen molar-refractivity contribution in [1.82, 2.24) is 24.9 Å². The Morgan fingerprint density at radius 1 is 0.868 bits per heavy atom. The van der Waals surface area contributed by atoms with Gasteiger partial charge >= 0.3 is 18.5 Å². The van der Waals surface area contributed by atoms with Crippen LogP contribution in [0.5, 0.6) is 0 Å². The topological polar surface area (TPSA) is 100.0 Å². The number of nitrogens with one attached hydrogen (secondary N) is 1. The number of β-amino-alcohol motifs (C(OH)–C–C–N with tert-alkyl or cyclic N) is 1. The average Bonchev–Trinajstić information content (AvgIpc) is 3.22. The number of hydrogen-bond acceptors (Lipinski definition) is 8. The normalized spacial score (nSPS) is 18.3. The van der Waals surface area contributed by atoms with Crippen LogP contribution in [0.15, 0.2) is 36.5 Å². The first-order valence-electron chi connectivity index (χ1n) is 10.2. The summed E-state index contributed by atoms with van der Waals surface area (Å²) >= 11 is 0. The van der Waals surface area contributed by atoms with E-state index in [9.17, 15) is 44.6 Å². The van der Waals surface area contributed by atoms with Gasteiger partial charge in [-0.25, -0.2) is 4.98 Å². The van der Waals surface area contributed by atoms with Crippen LogP contribution < -0.4 is 10.2 Å². The summed E-state index contributed by atoms with van der Waals surface area (Å²) in [6, 6.07) is 4.48. The maximum Gasteiger partial charge on any atom is 0.433 e. The maximum atomic E-state index is 13.3. The van der Waals surface area contributed by atoms with Crippen molar-refractivity contribution in [2.24, 2.45) is 0 Å². The molecule has 1 aliphatic rings. The number of pyridine rings is 2. The molecule has 4 heterocycles. The molecule has 206 valence electrons. The van der Waals surface area contributed by atoms with Crippen molar-refractivity contribution in [2.45, 2.75) is 30.6 Å². The molecule has 1 atom stereocenters. The van der Waals surface area contributed by atoms with Gasteiger partial charge in [0, 0.05) is 24.8 Å². The van der Waals surface area contributed by atoms with Crippen molar-refractivity contribution in [3.63, 3.8) is 0 Å². The van der Waals surface area contributed by atoms with E-state index in [1.54, 1.807) is 0 Å². The number of aliphatic hydroxyl groups is 1. The highest BCUT2D eigenvalue weighted by atomic mass is 32.1. The molecular weight excluding hydrogens is 557 g/mol. The van der Waals surface area contributed by atoms with Crippen LogP contribution in [0, 0.1) is 0 Å². The van der Waals surface area contributed by atoms with Crippen LogP contribution in [-0.2, 0) is 12.4 Å². The smallest absolute Gasteiger partial charge is 0.379 e. The van der Waals surface area contributed by atoms with Crippen LogP contribution in [0.3, 0.4) is 0 Å². The Morgan fingerprint density at radius 3 is 2.16 bits per heavy atom. The minimum Gasteiger partial charge on any atom is -0.379 e. The molecule has 0 radical (unpaired) electrons. The van der Waals surface area contributed by atoms with Crippen LogP contribution in [-0.4, -0.2) is 54.9 Å². The van der Waals surface area contributed by atoms with Gasteiger partial charge in [0.05, 0.1) is 6.54 Å². The first kappa shape index (κ1) is 29.2. The standard InChI is InChI=1S/C20H14F9N7O.H2S/c21-18(22,23)12-3-1-2-11(32-12)14-33-15(31-10-4-6-30-13(8-10)19(24,25)26)35-16(34-14)36-7-5-17(37,9-36)20(27,28)29;/h1-4,6,8,37H,5,7,9H2,(H,30,31,33,34,35);1H2/t17-;/m0./s1. The Morgan fingerprint density at radius 2 is 1.55 bits per heavy atom. The van der Waals surface area contributed by atoms with Crippen LogP contribution in [0.25, 0.3) is 11.5 Å². The zero-order chi connectivity index (χ0) is 27.2. The summed E-state index contributed by atoms with van der Waals surface area (Å²) < 4.78 is 118. The van der Waals surface area contributed by atoms with Gasteiger partial charge in [0.2, 0.25) is 11.9 Å². The van der Waals surface area contributed by atoms with Gasteiger partial charge in [-0.3, -0.25) is 4.98 Å². The van der Waals surface area contributed by atoms with Gasteiger partial charge in [-0.2, -0.15) is 68.0 Å². The largest absolute Gasteiger partial charge is 0.433 e. The number of nitrogens with zero attached hydrogens (tertiary/aromatic N) is 6. The summed E-state index contributed by atoms with van der Waals surface area (Å²) in [7, 11) is 0. The minimum absolute atomic E-state index is 0. The summed E-state index contributed by atoms with van der Waals surface area (Å²) in [6.07, 6.45) is -14.6. The van der Waals surface area contributed by atoms with E-state index < -0.39 is 71.9 Å². The van der Waals surface area contributed by atoms with Crippen molar-refractivity contribution in [1.29, 1.82) is 0 Å². The third-order valence-electron chi connectivity index (χ3n) is 5.26. The van der Waals surface area contributed by atoms with E-state index in [2.05, 4.69) is 30.2 Å². The zero-order valence-corrected chi connectivity index (χ0v) is 19.6. The molecule has 1 aliphatic heterocycles. The minimum atomic E-state index is -4.99.